The van der Waals surface area contributed by atoms with Gasteiger partial charge in [0.2, 0.25) is 0 Å². The minimum atomic E-state index is -3.85. The molecule has 4 aromatic rings. The lowest BCUT2D eigenvalue weighted by Gasteiger charge is -2.25. The molecule has 0 radical (unpaired) electrons. The minimum Gasteiger partial charge on any atom is -0.484 e. The first kappa shape index (κ1) is 23.1. The van der Waals surface area contributed by atoms with Crippen LogP contribution in [-0.4, -0.2) is 20.9 Å². The lowest BCUT2D eigenvalue weighted by Crippen LogP contribution is -2.30. The van der Waals surface area contributed by atoms with E-state index >= 15 is 0 Å². The summed E-state index contributed by atoms with van der Waals surface area (Å²) >= 11 is 0. The Bertz CT molecular complexity index is 1310. The minimum absolute atomic E-state index is 0.130. The van der Waals surface area contributed by atoms with E-state index in [0.29, 0.717) is 17.1 Å². The fourth-order valence-corrected chi connectivity index (χ4v) is 4.81. The summed E-state index contributed by atoms with van der Waals surface area (Å²) in [6.45, 7) is 0.0470. The van der Waals surface area contributed by atoms with Crippen molar-refractivity contribution in [2.45, 2.75) is 11.4 Å². The first-order valence-electron chi connectivity index (χ1n) is 10.7. The fourth-order valence-electron chi connectivity index (χ4n) is 3.36. The lowest BCUT2D eigenvalue weighted by atomic mass is 10.2. The Kier molecular flexibility index (Phi) is 7.25. The maximum absolute atomic E-state index is 13.5. The van der Waals surface area contributed by atoms with Gasteiger partial charge in [0.05, 0.1) is 17.1 Å². The normalized spacial score (nSPS) is 10.9. The largest absolute Gasteiger partial charge is 0.484 e. The first-order chi connectivity index (χ1) is 16.5. The van der Waals surface area contributed by atoms with Crippen LogP contribution in [0.15, 0.2) is 120 Å². The van der Waals surface area contributed by atoms with Crippen LogP contribution in [0.3, 0.4) is 0 Å². The van der Waals surface area contributed by atoms with Crippen LogP contribution in [0.2, 0.25) is 0 Å². The molecular formula is C27H24N2O4S. The molecule has 0 unspecified atom stereocenters. The van der Waals surface area contributed by atoms with Gasteiger partial charge >= 0.3 is 0 Å². The number of sulfonamides is 1. The molecule has 0 heterocycles. The molecule has 4 rings (SSSR count). The lowest BCUT2D eigenvalue weighted by molar-refractivity contribution is -0.118. The van der Waals surface area contributed by atoms with Crippen molar-refractivity contribution in [1.29, 1.82) is 0 Å². The second-order valence-corrected chi connectivity index (χ2v) is 9.37. The Morgan fingerprint density at radius 2 is 1.29 bits per heavy atom. The molecule has 0 bridgehead atoms. The molecule has 0 saturated carbocycles. The second kappa shape index (κ2) is 10.7. The van der Waals surface area contributed by atoms with Crippen molar-refractivity contribution >= 4 is 27.3 Å². The number of anilines is 2. The van der Waals surface area contributed by atoms with Crippen LogP contribution >= 0.6 is 0 Å². The van der Waals surface area contributed by atoms with E-state index in [-0.39, 0.29) is 24.0 Å². The topological polar surface area (TPSA) is 75.7 Å². The van der Waals surface area contributed by atoms with Crippen molar-refractivity contribution in [1.82, 2.24) is 0 Å². The number of nitrogens with one attached hydrogen (secondary N) is 1. The Morgan fingerprint density at radius 3 is 1.91 bits per heavy atom. The first-order valence-corrected chi connectivity index (χ1v) is 12.2. The number of carbonyl (C=O) groups is 1. The van der Waals surface area contributed by atoms with E-state index in [1.807, 2.05) is 54.6 Å². The zero-order valence-electron chi connectivity index (χ0n) is 18.4. The monoisotopic (exact) mass is 472 g/mol. The molecule has 0 aliphatic heterocycles. The maximum Gasteiger partial charge on any atom is 0.264 e. The van der Waals surface area contributed by atoms with Crippen LogP contribution in [0.4, 0.5) is 11.4 Å². The van der Waals surface area contributed by atoms with Crippen LogP contribution in [-0.2, 0) is 21.4 Å². The van der Waals surface area contributed by atoms with E-state index < -0.39 is 10.0 Å². The molecule has 172 valence electrons. The molecule has 0 aromatic heterocycles. The van der Waals surface area contributed by atoms with Gasteiger partial charge in [0.15, 0.2) is 6.61 Å². The predicted molar refractivity (Wildman–Crippen MR) is 133 cm³/mol. The maximum atomic E-state index is 13.5. The van der Waals surface area contributed by atoms with Gasteiger partial charge in [0.25, 0.3) is 15.9 Å². The summed E-state index contributed by atoms with van der Waals surface area (Å²) in [6.07, 6.45) is 0. The van der Waals surface area contributed by atoms with E-state index in [1.54, 1.807) is 48.5 Å². The molecule has 34 heavy (non-hydrogen) atoms. The van der Waals surface area contributed by atoms with Gasteiger partial charge in [0.1, 0.15) is 5.75 Å². The molecule has 7 heteroatoms. The highest BCUT2D eigenvalue weighted by Gasteiger charge is 2.25. The number of hydrogen-bond donors (Lipinski definition) is 1. The van der Waals surface area contributed by atoms with Gasteiger partial charge in [-0.2, -0.15) is 0 Å². The van der Waals surface area contributed by atoms with E-state index in [2.05, 4.69) is 5.32 Å². The summed E-state index contributed by atoms with van der Waals surface area (Å²) in [5.74, 6) is 0.257. The third-order valence-corrected chi connectivity index (χ3v) is 6.84. The summed E-state index contributed by atoms with van der Waals surface area (Å²) < 4.78 is 33.9. The van der Waals surface area contributed by atoms with Crippen LogP contribution in [0.1, 0.15) is 5.56 Å². The summed E-state index contributed by atoms with van der Waals surface area (Å²) in [7, 11) is -3.85. The number of hydrogen-bond acceptors (Lipinski definition) is 4. The Labute approximate surface area is 199 Å². The molecule has 1 amide bonds. The molecule has 0 saturated heterocycles. The Morgan fingerprint density at radius 1 is 0.735 bits per heavy atom. The number of carbonyl (C=O) groups excluding carboxylic acids is 1. The van der Waals surface area contributed by atoms with Gasteiger partial charge < -0.3 is 10.1 Å². The third-order valence-electron chi connectivity index (χ3n) is 5.05. The Balaban J connectivity index is 1.49. The van der Waals surface area contributed by atoms with Gasteiger partial charge in [0, 0.05) is 5.69 Å². The molecule has 4 aromatic carbocycles. The molecule has 0 atom stereocenters. The number of amides is 1. The quantitative estimate of drug-likeness (QED) is 0.368. The molecule has 6 nitrogen and oxygen atoms in total. The molecule has 0 fully saturated rings. The van der Waals surface area contributed by atoms with Gasteiger partial charge in [-0.3, -0.25) is 9.10 Å². The van der Waals surface area contributed by atoms with E-state index in [0.717, 1.165) is 5.56 Å². The van der Waals surface area contributed by atoms with Crippen LogP contribution < -0.4 is 14.4 Å². The Hall–Kier alpha value is -4.10. The van der Waals surface area contributed by atoms with Gasteiger partial charge in [-0.1, -0.05) is 66.7 Å². The average Bonchev–Trinajstić information content (AvgIpc) is 2.88. The highest BCUT2D eigenvalue weighted by molar-refractivity contribution is 7.92. The zero-order valence-corrected chi connectivity index (χ0v) is 19.2. The van der Waals surface area contributed by atoms with Gasteiger partial charge in [-0.05, 0) is 54.1 Å². The fraction of sp³-hybridized carbons (Fsp3) is 0.0741. The number of benzene rings is 4. The number of nitrogens with zero attached hydrogens (tertiary/aromatic N) is 1. The zero-order chi connectivity index (χ0) is 23.8. The van der Waals surface area contributed by atoms with Crippen LogP contribution in [0, 0.1) is 0 Å². The highest BCUT2D eigenvalue weighted by atomic mass is 32.2. The predicted octanol–water partition coefficient (Wildman–Crippen LogP) is 5.10. The SMILES string of the molecule is O=C(COc1ccccc1)Nc1ccc(S(=O)(=O)N(Cc2ccccc2)c2ccccc2)cc1. The summed E-state index contributed by atoms with van der Waals surface area (Å²) in [4.78, 5) is 12.3. The number of para-hydroxylation sites is 2. The van der Waals surface area contributed by atoms with Crippen LogP contribution in [0.25, 0.3) is 0 Å². The van der Waals surface area contributed by atoms with Gasteiger partial charge in [-0.25, -0.2) is 8.42 Å². The standard InChI is InChI=1S/C27H24N2O4S/c30-27(21-33-25-14-8-3-9-15-25)28-23-16-18-26(19-17-23)34(31,32)29(24-12-6-2-7-13-24)20-22-10-4-1-5-11-22/h1-19H,20-21H2,(H,28,30). The van der Waals surface area contributed by atoms with Gasteiger partial charge in [-0.15, -0.1) is 0 Å². The molecule has 1 N–H and O–H groups in total. The van der Waals surface area contributed by atoms with Crippen molar-refractivity contribution in [2.24, 2.45) is 0 Å². The highest BCUT2D eigenvalue weighted by Crippen LogP contribution is 2.26. The van der Waals surface area contributed by atoms with E-state index in [1.165, 1.54) is 16.4 Å². The average molecular weight is 473 g/mol. The van der Waals surface area contributed by atoms with Crippen LogP contribution in [0.5, 0.6) is 5.75 Å². The number of rotatable bonds is 9. The molecule has 0 aliphatic carbocycles. The summed E-state index contributed by atoms with van der Waals surface area (Å²) in [6, 6.07) is 33.6. The van der Waals surface area contributed by atoms with Crippen molar-refractivity contribution in [2.75, 3.05) is 16.2 Å². The summed E-state index contributed by atoms with van der Waals surface area (Å²) in [5.41, 5.74) is 1.92. The number of ether oxygens (including phenoxy) is 1. The van der Waals surface area contributed by atoms with Crippen molar-refractivity contribution in [3.63, 3.8) is 0 Å². The van der Waals surface area contributed by atoms with Crippen molar-refractivity contribution < 1.29 is 17.9 Å². The smallest absolute Gasteiger partial charge is 0.264 e. The van der Waals surface area contributed by atoms with E-state index in [9.17, 15) is 13.2 Å². The van der Waals surface area contributed by atoms with Crippen molar-refractivity contribution in [3.8, 4) is 5.75 Å². The summed E-state index contributed by atoms with van der Waals surface area (Å²) in [5, 5.41) is 2.72. The van der Waals surface area contributed by atoms with E-state index in [4.69, 9.17) is 4.74 Å². The second-order valence-electron chi connectivity index (χ2n) is 7.51. The molecular weight excluding hydrogens is 448 g/mol. The third kappa shape index (κ3) is 5.82. The molecule has 0 spiro atoms. The molecule has 0 aliphatic rings. The van der Waals surface area contributed by atoms with Crippen molar-refractivity contribution in [3.05, 3.63) is 121 Å².